The van der Waals surface area contributed by atoms with E-state index in [-0.39, 0.29) is 11.9 Å². The van der Waals surface area contributed by atoms with E-state index in [0.717, 1.165) is 22.5 Å². The third kappa shape index (κ3) is 3.54. The van der Waals surface area contributed by atoms with Crippen LogP contribution in [0.1, 0.15) is 17.2 Å². The molecule has 2 aromatic carbocycles. The predicted molar refractivity (Wildman–Crippen MR) is 96.9 cm³/mol. The van der Waals surface area contributed by atoms with Gasteiger partial charge in [0, 0.05) is 26.5 Å². The van der Waals surface area contributed by atoms with Gasteiger partial charge in [-0.15, -0.1) is 0 Å². The van der Waals surface area contributed by atoms with Crippen LogP contribution in [0.25, 0.3) is 0 Å². The van der Waals surface area contributed by atoms with Gasteiger partial charge >= 0.3 is 0 Å². The molecule has 1 N–H and O–H groups in total. The van der Waals surface area contributed by atoms with Crippen LogP contribution in [0.15, 0.2) is 73.1 Å². The van der Waals surface area contributed by atoms with Gasteiger partial charge in [0.1, 0.15) is 5.82 Å². The number of halogens is 1. The summed E-state index contributed by atoms with van der Waals surface area (Å²) in [6.07, 6.45) is 3.54. The Morgan fingerprint density at radius 1 is 0.875 bits per heavy atom. The van der Waals surface area contributed by atoms with E-state index in [4.69, 9.17) is 0 Å². The van der Waals surface area contributed by atoms with Gasteiger partial charge in [-0.25, -0.2) is 4.39 Å². The Morgan fingerprint density at radius 3 is 2.17 bits per heavy atom. The van der Waals surface area contributed by atoms with Crippen molar-refractivity contribution in [2.24, 2.45) is 0 Å². The first-order chi connectivity index (χ1) is 11.6. The van der Waals surface area contributed by atoms with Gasteiger partial charge in [0.2, 0.25) is 0 Å². The molecule has 0 saturated carbocycles. The predicted octanol–water partition coefficient (Wildman–Crippen LogP) is 4.49. The maximum absolute atomic E-state index is 13.3. The van der Waals surface area contributed by atoms with Crippen LogP contribution in [0.5, 0.6) is 0 Å². The van der Waals surface area contributed by atoms with E-state index >= 15 is 0 Å². The van der Waals surface area contributed by atoms with Crippen molar-refractivity contribution in [2.45, 2.75) is 6.04 Å². The molecule has 0 saturated heterocycles. The molecule has 0 aliphatic rings. The average Bonchev–Trinajstić information content (AvgIpc) is 2.61. The number of pyridine rings is 1. The summed E-state index contributed by atoms with van der Waals surface area (Å²) in [7, 11) is 4.03. The molecule has 3 rings (SSSR count). The molecule has 1 heterocycles. The molecule has 1 aromatic heterocycles. The zero-order valence-corrected chi connectivity index (χ0v) is 13.8. The number of rotatable bonds is 5. The molecule has 1 atom stereocenters. The fraction of sp³-hybridized carbons (Fsp3) is 0.150. The van der Waals surface area contributed by atoms with Gasteiger partial charge in [-0.3, -0.25) is 4.98 Å². The van der Waals surface area contributed by atoms with Crippen LogP contribution in [0.3, 0.4) is 0 Å². The summed E-state index contributed by atoms with van der Waals surface area (Å²) in [4.78, 5) is 6.16. The number of nitrogens with one attached hydrogen (secondary N) is 1. The lowest BCUT2D eigenvalue weighted by molar-refractivity contribution is 0.626. The second-order valence-corrected chi connectivity index (χ2v) is 5.82. The quantitative estimate of drug-likeness (QED) is 0.750. The molecule has 122 valence electrons. The molecular weight excluding hydrogens is 301 g/mol. The number of benzene rings is 2. The summed E-state index contributed by atoms with van der Waals surface area (Å²) in [6, 6.07) is 18.6. The lowest BCUT2D eigenvalue weighted by atomic mass is 9.99. The van der Waals surface area contributed by atoms with Crippen molar-refractivity contribution in [3.8, 4) is 0 Å². The smallest absolute Gasteiger partial charge is 0.123 e. The highest BCUT2D eigenvalue weighted by Gasteiger charge is 2.16. The summed E-state index contributed by atoms with van der Waals surface area (Å²) >= 11 is 0. The molecule has 3 aromatic rings. The molecular formula is C20H20FN3. The van der Waals surface area contributed by atoms with E-state index in [1.165, 1.54) is 12.1 Å². The Balaban J connectivity index is 2.01. The van der Waals surface area contributed by atoms with E-state index in [0.29, 0.717) is 0 Å². The number of hydrogen-bond donors (Lipinski definition) is 1. The normalized spacial score (nSPS) is 11.8. The topological polar surface area (TPSA) is 28.2 Å². The highest BCUT2D eigenvalue weighted by atomic mass is 19.1. The lowest BCUT2D eigenvalue weighted by Gasteiger charge is -2.25. The molecule has 0 amide bonds. The van der Waals surface area contributed by atoms with Gasteiger partial charge in [-0.1, -0.05) is 24.3 Å². The van der Waals surface area contributed by atoms with Gasteiger partial charge in [0.15, 0.2) is 0 Å². The number of nitrogens with zero attached hydrogens (tertiary/aromatic N) is 2. The third-order valence-electron chi connectivity index (χ3n) is 3.93. The maximum Gasteiger partial charge on any atom is 0.123 e. The summed E-state index contributed by atoms with van der Waals surface area (Å²) in [5.74, 6) is -0.235. The third-order valence-corrected chi connectivity index (χ3v) is 3.93. The molecule has 24 heavy (non-hydrogen) atoms. The van der Waals surface area contributed by atoms with Crippen LogP contribution in [0.4, 0.5) is 15.8 Å². The Morgan fingerprint density at radius 2 is 1.50 bits per heavy atom. The summed E-state index contributed by atoms with van der Waals surface area (Å²) < 4.78 is 13.3. The Bertz CT molecular complexity index is 785. The number of anilines is 2. The fourth-order valence-electron chi connectivity index (χ4n) is 2.71. The molecule has 0 bridgehead atoms. The first-order valence-corrected chi connectivity index (χ1v) is 7.83. The second-order valence-electron chi connectivity index (χ2n) is 5.82. The monoisotopic (exact) mass is 321 g/mol. The SMILES string of the molecule is CN(C)c1ccccc1NC(c1ccncc1)c1ccc(F)cc1. The first-order valence-electron chi connectivity index (χ1n) is 7.83. The summed E-state index contributed by atoms with van der Waals surface area (Å²) in [6.45, 7) is 0. The second kappa shape index (κ2) is 7.13. The molecule has 4 heteroatoms. The van der Waals surface area contributed by atoms with Crippen molar-refractivity contribution in [1.82, 2.24) is 4.98 Å². The Hall–Kier alpha value is -2.88. The van der Waals surface area contributed by atoms with Gasteiger partial charge in [-0.05, 0) is 47.5 Å². The Labute approximate surface area is 141 Å². The molecule has 0 aliphatic heterocycles. The molecule has 1 unspecified atom stereocenters. The average molecular weight is 321 g/mol. The van der Waals surface area contributed by atoms with Gasteiger partial charge in [0.05, 0.1) is 17.4 Å². The van der Waals surface area contributed by atoms with Gasteiger partial charge < -0.3 is 10.2 Å². The fourth-order valence-corrected chi connectivity index (χ4v) is 2.71. The zero-order chi connectivity index (χ0) is 16.9. The van der Waals surface area contributed by atoms with Crippen molar-refractivity contribution in [1.29, 1.82) is 0 Å². The van der Waals surface area contributed by atoms with Crippen molar-refractivity contribution in [3.63, 3.8) is 0 Å². The molecule has 0 radical (unpaired) electrons. The largest absolute Gasteiger partial charge is 0.376 e. The Kier molecular flexibility index (Phi) is 4.75. The van der Waals surface area contributed by atoms with Crippen LogP contribution in [-0.4, -0.2) is 19.1 Å². The van der Waals surface area contributed by atoms with Crippen molar-refractivity contribution in [3.05, 3.63) is 90.0 Å². The minimum Gasteiger partial charge on any atom is -0.376 e. The number of aromatic nitrogens is 1. The van der Waals surface area contributed by atoms with Crippen molar-refractivity contribution in [2.75, 3.05) is 24.3 Å². The first kappa shape index (κ1) is 16.0. The van der Waals surface area contributed by atoms with Crippen LogP contribution >= 0.6 is 0 Å². The van der Waals surface area contributed by atoms with E-state index in [2.05, 4.69) is 21.3 Å². The van der Waals surface area contributed by atoms with Crippen molar-refractivity contribution < 1.29 is 4.39 Å². The number of para-hydroxylation sites is 2. The van der Waals surface area contributed by atoms with Crippen LogP contribution in [0.2, 0.25) is 0 Å². The number of hydrogen-bond acceptors (Lipinski definition) is 3. The van der Waals surface area contributed by atoms with Crippen molar-refractivity contribution >= 4 is 11.4 Å². The van der Waals surface area contributed by atoms with E-state index < -0.39 is 0 Å². The zero-order valence-electron chi connectivity index (χ0n) is 13.8. The highest BCUT2D eigenvalue weighted by molar-refractivity contribution is 5.70. The molecule has 0 aliphatic carbocycles. The minimum atomic E-state index is -0.235. The summed E-state index contributed by atoms with van der Waals surface area (Å²) in [5, 5.41) is 3.59. The molecule has 3 nitrogen and oxygen atoms in total. The van der Waals surface area contributed by atoms with Crippen LogP contribution in [-0.2, 0) is 0 Å². The van der Waals surface area contributed by atoms with E-state index in [1.807, 2.05) is 56.6 Å². The van der Waals surface area contributed by atoms with Gasteiger partial charge in [0.25, 0.3) is 0 Å². The van der Waals surface area contributed by atoms with Crippen LogP contribution < -0.4 is 10.2 Å². The highest BCUT2D eigenvalue weighted by Crippen LogP contribution is 2.31. The van der Waals surface area contributed by atoms with E-state index in [1.54, 1.807) is 12.4 Å². The lowest BCUT2D eigenvalue weighted by Crippen LogP contribution is -2.16. The van der Waals surface area contributed by atoms with Crippen LogP contribution in [0, 0.1) is 5.82 Å². The minimum absolute atomic E-state index is 0.0882. The molecule has 0 spiro atoms. The maximum atomic E-state index is 13.3. The summed E-state index contributed by atoms with van der Waals surface area (Å²) in [5.41, 5.74) is 4.19. The van der Waals surface area contributed by atoms with Gasteiger partial charge in [-0.2, -0.15) is 0 Å². The standard InChI is InChI=1S/C20H20FN3/c1-24(2)19-6-4-3-5-18(19)23-20(16-11-13-22-14-12-16)15-7-9-17(21)10-8-15/h3-14,20,23H,1-2H3. The van der Waals surface area contributed by atoms with E-state index in [9.17, 15) is 4.39 Å². The molecule has 0 fully saturated rings.